The Bertz CT molecular complexity index is 1750. The predicted molar refractivity (Wildman–Crippen MR) is 161 cm³/mol. The van der Waals surface area contributed by atoms with Crippen LogP contribution in [0.3, 0.4) is 0 Å². The first kappa shape index (κ1) is 25.9. The molecule has 1 aliphatic heterocycles. The molecule has 8 nitrogen and oxygen atoms in total. The summed E-state index contributed by atoms with van der Waals surface area (Å²) in [7, 11) is 0. The van der Waals surface area contributed by atoms with E-state index in [2.05, 4.69) is 39.3 Å². The maximum absolute atomic E-state index is 11.8. The van der Waals surface area contributed by atoms with Gasteiger partial charge in [-0.15, -0.1) is 11.3 Å². The van der Waals surface area contributed by atoms with Crippen molar-refractivity contribution in [2.24, 2.45) is 0 Å². The molecule has 5 N–H and O–H groups in total. The SMILES string of the molecule is CC(=O)c1ccc(-c2nccc3[nH]c(C(=N)c4cc(-c5cc(C)cc(OC6CCNCC6)c5)cnc4N)cc23)s1. The lowest BCUT2D eigenvalue weighted by Crippen LogP contribution is -2.34. The normalized spacial score (nSPS) is 13.9. The number of aromatic amines is 1. The molecule has 4 aromatic heterocycles. The summed E-state index contributed by atoms with van der Waals surface area (Å²) >= 11 is 1.42. The summed E-state index contributed by atoms with van der Waals surface area (Å²) in [6, 6.07) is 15.6. The Balaban J connectivity index is 1.33. The quantitative estimate of drug-likeness (QED) is 0.145. The van der Waals surface area contributed by atoms with Crippen LogP contribution in [0.5, 0.6) is 5.75 Å². The number of anilines is 1. The van der Waals surface area contributed by atoms with Crippen molar-refractivity contribution >= 4 is 39.6 Å². The summed E-state index contributed by atoms with van der Waals surface area (Å²) in [5, 5.41) is 13.3. The largest absolute Gasteiger partial charge is 0.490 e. The molecule has 0 spiro atoms. The zero-order valence-electron chi connectivity index (χ0n) is 22.4. The fraction of sp³-hybridized carbons (Fsp3) is 0.226. The average molecular weight is 551 g/mol. The van der Waals surface area contributed by atoms with E-state index in [0.717, 1.165) is 69.8 Å². The monoisotopic (exact) mass is 550 g/mol. The van der Waals surface area contributed by atoms with Crippen molar-refractivity contribution in [2.75, 3.05) is 18.8 Å². The number of nitrogen functional groups attached to an aromatic ring is 1. The molecule has 1 aromatic carbocycles. The lowest BCUT2D eigenvalue weighted by atomic mass is 10.00. The number of thiophene rings is 1. The third-order valence-corrected chi connectivity index (χ3v) is 8.36. The fourth-order valence-corrected chi connectivity index (χ4v) is 6.02. The van der Waals surface area contributed by atoms with E-state index >= 15 is 0 Å². The number of fused-ring (bicyclic) bond motifs is 1. The Morgan fingerprint density at radius 3 is 2.67 bits per heavy atom. The Labute approximate surface area is 236 Å². The number of ether oxygens (including phenoxy) is 1. The van der Waals surface area contributed by atoms with Crippen molar-refractivity contribution in [1.82, 2.24) is 20.3 Å². The van der Waals surface area contributed by atoms with Crippen molar-refractivity contribution < 1.29 is 9.53 Å². The Morgan fingerprint density at radius 1 is 1.07 bits per heavy atom. The highest BCUT2D eigenvalue weighted by molar-refractivity contribution is 7.17. The van der Waals surface area contributed by atoms with Gasteiger partial charge in [-0.1, -0.05) is 6.07 Å². The molecule has 0 radical (unpaired) electrons. The molecular formula is C31H30N6O2S. The number of piperidine rings is 1. The van der Waals surface area contributed by atoms with E-state index in [1.165, 1.54) is 11.3 Å². The number of aryl methyl sites for hydroxylation is 1. The van der Waals surface area contributed by atoms with Crippen LogP contribution in [-0.4, -0.2) is 45.6 Å². The number of H-pyrrole nitrogens is 1. The molecule has 40 heavy (non-hydrogen) atoms. The molecule has 5 heterocycles. The summed E-state index contributed by atoms with van der Waals surface area (Å²) in [6.45, 7) is 5.55. The van der Waals surface area contributed by atoms with Crippen molar-refractivity contribution in [3.8, 4) is 27.4 Å². The number of ketones is 1. The number of aromatic nitrogens is 3. The summed E-state index contributed by atoms with van der Waals surface area (Å²) in [5.74, 6) is 1.16. The zero-order valence-corrected chi connectivity index (χ0v) is 23.2. The first-order chi connectivity index (χ1) is 19.4. The Kier molecular flexibility index (Phi) is 6.91. The molecule has 1 fully saturated rings. The molecule has 6 rings (SSSR count). The van der Waals surface area contributed by atoms with Crippen LogP contribution in [0.4, 0.5) is 5.82 Å². The number of rotatable bonds is 7. The van der Waals surface area contributed by atoms with Gasteiger partial charge in [0.25, 0.3) is 0 Å². The number of hydrogen-bond donors (Lipinski definition) is 4. The second kappa shape index (κ2) is 10.7. The van der Waals surface area contributed by atoms with Crippen LogP contribution in [0.2, 0.25) is 0 Å². The first-order valence-corrected chi connectivity index (χ1v) is 14.1. The van der Waals surface area contributed by atoms with E-state index in [1.807, 2.05) is 36.4 Å². The van der Waals surface area contributed by atoms with E-state index < -0.39 is 0 Å². The Morgan fingerprint density at radius 2 is 1.90 bits per heavy atom. The molecule has 0 amide bonds. The van der Waals surface area contributed by atoms with E-state index in [1.54, 1.807) is 19.3 Å². The minimum absolute atomic E-state index is 0.0291. The van der Waals surface area contributed by atoms with Gasteiger partial charge in [0.1, 0.15) is 17.7 Å². The lowest BCUT2D eigenvalue weighted by Gasteiger charge is -2.24. The number of hydrogen-bond acceptors (Lipinski definition) is 8. The predicted octanol–water partition coefficient (Wildman–Crippen LogP) is 5.99. The van der Waals surface area contributed by atoms with E-state index in [4.69, 9.17) is 15.9 Å². The van der Waals surface area contributed by atoms with Crippen LogP contribution in [0.25, 0.3) is 32.6 Å². The molecule has 0 aliphatic carbocycles. The number of nitrogens with one attached hydrogen (secondary N) is 3. The van der Waals surface area contributed by atoms with Gasteiger partial charge in [-0.25, -0.2) is 4.98 Å². The molecule has 9 heteroatoms. The smallest absolute Gasteiger partial charge is 0.169 e. The molecule has 5 aromatic rings. The van der Waals surface area contributed by atoms with Crippen molar-refractivity contribution in [3.05, 3.63) is 82.6 Å². The summed E-state index contributed by atoms with van der Waals surface area (Å²) < 4.78 is 6.31. The molecule has 0 bridgehead atoms. The number of carbonyl (C=O) groups is 1. The second-order valence-electron chi connectivity index (χ2n) is 10.2. The molecule has 1 aliphatic rings. The first-order valence-electron chi connectivity index (χ1n) is 13.3. The Hall–Kier alpha value is -4.34. The van der Waals surface area contributed by atoms with Gasteiger partial charge >= 0.3 is 0 Å². The fourth-order valence-electron chi connectivity index (χ4n) is 5.11. The second-order valence-corrected chi connectivity index (χ2v) is 11.2. The van der Waals surface area contributed by atoms with Crippen LogP contribution >= 0.6 is 11.3 Å². The summed E-state index contributed by atoms with van der Waals surface area (Å²) in [6.07, 6.45) is 5.65. The number of nitrogens with two attached hydrogens (primary N) is 1. The van der Waals surface area contributed by atoms with E-state index in [9.17, 15) is 4.79 Å². The number of Topliss-reactive ketones (excluding diaryl/α,β-unsaturated/α-hetero) is 1. The van der Waals surface area contributed by atoms with Gasteiger partial charge in [0.05, 0.1) is 26.9 Å². The van der Waals surface area contributed by atoms with Crippen LogP contribution in [0, 0.1) is 12.3 Å². The van der Waals surface area contributed by atoms with Crippen LogP contribution in [0.15, 0.2) is 60.9 Å². The zero-order chi connectivity index (χ0) is 27.8. The van der Waals surface area contributed by atoms with Gasteiger partial charge in [0.15, 0.2) is 5.78 Å². The van der Waals surface area contributed by atoms with Crippen molar-refractivity contribution in [1.29, 1.82) is 5.41 Å². The average Bonchev–Trinajstić information content (AvgIpc) is 3.61. The highest BCUT2D eigenvalue weighted by atomic mass is 32.1. The molecule has 0 unspecified atom stereocenters. The van der Waals surface area contributed by atoms with Gasteiger partial charge in [0, 0.05) is 34.4 Å². The molecule has 0 saturated carbocycles. The molecule has 0 atom stereocenters. The minimum Gasteiger partial charge on any atom is -0.490 e. The van der Waals surface area contributed by atoms with Gasteiger partial charge in [0.2, 0.25) is 0 Å². The number of pyridine rings is 2. The minimum atomic E-state index is 0.0291. The highest BCUT2D eigenvalue weighted by Gasteiger charge is 2.19. The molecule has 202 valence electrons. The van der Waals surface area contributed by atoms with E-state index in [-0.39, 0.29) is 23.4 Å². The van der Waals surface area contributed by atoms with Gasteiger partial charge < -0.3 is 20.8 Å². The standard InChI is InChI=1S/C31H30N6O2S/c1-17-11-19(13-22(12-17)39-21-5-8-34-9-6-21)20-14-24(31(33)36-16-20)29(32)26-15-23-25(37-26)7-10-35-30(23)28-4-3-27(40-28)18(2)38/h3-4,7,10-16,21,32,34,37H,5-6,8-9H2,1-2H3,(H2,33,36). The topological polar surface area (TPSA) is 130 Å². The maximum atomic E-state index is 11.8. The van der Waals surface area contributed by atoms with E-state index in [0.29, 0.717) is 16.1 Å². The highest BCUT2D eigenvalue weighted by Crippen LogP contribution is 2.34. The third kappa shape index (κ3) is 5.13. The lowest BCUT2D eigenvalue weighted by molar-refractivity contribution is 0.102. The van der Waals surface area contributed by atoms with Crippen molar-refractivity contribution in [3.63, 3.8) is 0 Å². The van der Waals surface area contributed by atoms with Gasteiger partial charge in [-0.2, -0.15) is 0 Å². The molecule has 1 saturated heterocycles. The number of benzene rings is 1. The van der Waals surface area contributed by atoms with Gasteiger partial charge in [-0.3, -0.25) is 15.2 Å². The molecular weight excluding hydrogens is 520 g/mol. The number of carbonyl (C=O) groups excluding carboxylic acids is 1. The van der Waals surface area contributed by atoms with Gasteiger partial charge in [-0.05, 0) is 93.4 Å². The summed E-state index contributed by atoms with van der Waals surface area (Å²) in [4.78, 5) is 25.8. The summed E-state index contributed by atoms with van der Waals surface area (Å²) in [5.41, 5.74) is 12.2. The van der Waals surface area contributed by atoms with Crippen molar-refractivity contribution in [2.45, 2.75) is 32.8 Å². The van der Waals surface area contributed by atoms with Crippen LogP contribution < -0.4 is 15.8 Å². The maximum Gasteiger partial charge on any atom is 0.169 e. The third-order valence-electron chi connectivity index (χ3n) is 7.16. The van der Waals surface area contributed by atoms with Crippen LogP contribution in [-0.2, 0) is 0 Å². The van der Waals surface area contributed by atoms with Crippen LogP contribution in [0.1, 0.15) is 46.3 Å². The number of nitrogens with zero attached hydrogens (tertiary/aromatic N) is 2.